The molecular weight excluding hydrogens is 224 g/mol. The van der Waals surface area contributed by atoms with Crippen molar-refractivity contribution in [3.8, 4) is 0 Å². The molecule has 0 fully saturated rings. The van der Waals surface area contributed by atoms with Crippen LogP contribution in [-0.2, 0) is 5.41 Å². The maximum Gasteiger partial charge on any atom is 0.0530 e. The Balaban J connectivity index is 2.92. The lowest BCUT2D eigenvalue weighted by atomic mass is 9.93. The van der Waals surface area contributed by atoms with E-state index in [1.54, 1.807) is 11.3 Å². The molecule has 0 aliphatic heterocycles. The summed E-state index contributed by atoms with van der Waals surface area (Å²) in [5.74, 6) is 0. The SMILES string of the molecule is CC(C)(CO)c1cc(Br)cs1. The van der Waals surface area contributed by atoms with E-state index in [4.69, 9.17) is 5.11 Å². The van der Waals surface area contributed by atoms with Gasteiger partial charge in [-0.2, -0.15) is 0 Å². The van der Waals surface area contributed by atoms with Crippen LogP contribution >= 0.6 is 27.3 Å². The molecule has 3 heteroatoms. The van der Waals surface area contributed by atoms with Crippen LogP contribution < -0.4 is 0 Å². The van der Waals surface area contributed by atoms with Crippen LogP contribution in [0.15, 0.2) is 15.9 Å². The zero-order valence-corrected chi connectivity index (χ0v) is 9.00. The van der Waals surface area contributed by atoms with Crippen molar-refractivity contribution in [3.05, 3.63) is 20.8 Å². The Morgan fingerprint density at radius 3 is 2.64 bits per heavy atom. The predicted molar refractivity (Wildman–Crippen MR) is 52.1 cm³/mol. The molecule has 0 aromatic carbocycles. The van der Waals surface area contributed by atoms with Gasteiger partial charge in [0, 0.05) is 20.1 Å². The molecule has 0 unspecified atom stereocenters. The number of rotatable bonds is 2. The first-order valence-corrected chi connectivity index (χ1v) is 5.09. The minimum atomic E-state index is -0.101. The molecule has 0 bridgehead atoms. The lowest BCUT2D eigenvalue weighted by Gasteiger charge is -2.18. The second-order valence-electron chi connectivity index (χ2n) is 3.17. The smallest absolute Gasteiger partial charge is 0.0530 e. The Morgan fingerprint density at radius 2 is 2.27 bits per heavy atom. The first-order chi connectivity index (χ1) is 5.06. The molecule has 62 valence electrons. The Kier molecular flexibility index (Phi) is 2.73. The standard InChI is InChI=1S/C8H11BrOS/c1-8(2,5-10)7-3-6(9)4-11-7/h3-4,10H,5H2,1-2H3. The quantitative estimate of drug-likeness (QED) is 0.835. The zero-order chi connectivity index (χ0) is 8.48. The summed E-state index contributed by atoms with van der Waals surface area (Å²) in [6.07, 6.45) is 0. The van der Waals surface area contributed by atoms with E-state index >= 15 is 0 Å². The Labute approximate surface area is 79.2 Å². The van der Waals surface area contributed by atoms with Crippen molar-refractivity contribution in [2.45, 2.75) is 19.3 Å². The third kappa shape index (κ3) is 2.04. The van der Waals surface area contributed by atoms with Crippen LogP contribution in [0.5, 0.6) is 0 Å². The van der Waals surface area contributed by atoms with Gasteiger partial charge in [-0.3, -0.25) is 0 Å². The first-order valence-electron chi connectivity index (χ1n) is 3.41. The minimum Gasteiger partial charge on any atom is -0.395 e. The molecule has 0 aliphatic rings. The summed E-state index contributed by atoms with van der Waals surface area (Å²) in [5.41, 5.74) is -0.101. The minimum absolute atomic E-state index is 0.101. The fourth-order valence-electron chi connectivity index (χ4n) is 0.746. The van der Waals surface area contributed by atoms with E-state index in [-0.39, 0.29) is 12.0 Å². The molecule has 0 saturated carbocycles. The summed E-state index contributed by atoms with van der Waals surface area (Å²) in [5, 5.41) is 11.1. The van der Waals surface area contributed by atoms with E-state index in [0.29, 0.717) is 0 Å². The Bertz CT molecular complexity index is 242. The maximum atomic E-state index is 9.05. The van der Waals surface area contributed by atoms with Gasteiger partial charge < -0.3 is 5.11 Å². The highest BCUT2D eigenvalue weighted by molar-refractivity contribution is 9.10. The van der Waals surface area contributed by atoms with Crippen molar-refractivity contribution >= 4 is 27.3 Å². The molecule has 0 saturated heterocycles. The number of hydrogen-bond acceptors (Lipinski definition) is 2. The van der Waals surface area contributed by atoms with Crippen LogP contribution in [-0.4, -0.2) is 11.7 Å². The summed E-state index contributed by atoms with van der Waals surface area (Å²) < 4.78 is 1.10. The molecular formula is C8H11BrOS. The van der Waals surface area contributed by atoms with Crippen molar-refractivity contribution < 1.29 is 5.11 Å². The second kappa shape index (κ2) is 3.25. The molecule has 0 radical (unpaired) electrons. The average molecular weight is 235 g/mol. The van der Waals surface area contributed by atoms with E-state index < -0.39 is 0 Å². The Morgan fingerprint density at radius 1 is 1.64 bits per heavy atom. The van der Waals surface area contributed by atoms with Gasteiger partial charge in [-0.1, -0.05) is 13.8 Å². The molecule has 11 heavy (non-hydrogen) atoms. The molecule has 1 aromatic heterocycles. The van der Waals surface area contributed by atoms with E-state index in [1.807, 2.05) is 19.2 Å². The van der Waals surface area contributed by atoms with Crippen molar-refractivity contribution in [1.82, 2.24) is 0 Å². The largest absolute Gasteiger partial charge is 0.395 e. The lowest BCUT2D eigenvalue weighted by molar-refractivity contribution is 0.221. The summed E-state index contributed by atoms with van der Waals surface area (Å²) >= 11 is 5.06. The van der Waals surface area contributed by atoms with Gasteiger partial charge in [0.25, 0.3) is 0 Å². The van der Waals surface area contributed by atoms with Crippen LogP contribution in [0.1, 0.15) is 18.7 Å². The van der Waals surface area contributed by atoms with Crippen molar-refractivity contribution in [1.29, 1.82) is 0 Å². The number of halogens is 1. The number of aliphatic hydroxyl groups excluding tert-OH is 1. The fourth-order valence-corrected chi connectivity index (χ4v) is 2.29. The van der Waals surface area contributed by atoms with Crippen molar-refractivity contribution in [2.75, 3.05) is 6.61 Å². The van der Waals surface area contributed by atoms with E-state index in [0.717, 1.165) is 4.47 Å². The highest BCUT2D eigenvalue weighted by Gasteiger charge is 2.20. The van der Waals surface area contributed by atoms with Gasteiger partial charge in [0.05, 0.1) is 6.61 Å². The number of thiophene rings is 1. The molecule has 1 aromatic rings. The normalized spacial score (nSPS) is 12.0. The number of hydrogen-bond donors (Lipinski definition) is 1. The first kappa shape index (κ1) is 9.23. The monoisotopic (exact) mass is 234 g/mol. The third-order valence-electron chi connectivity index (χ3n) is 1.63. The summed E-state index contributed by atoms with van der Waals surface area (Å²) in [7, 11) is 0. The van der Waals surface area contributed by atoms with Gasteiger partial charge in [-0.25, -0.2) is 0 Å². The van der Waals surface area contributed by atoms with Crippen molar-refractivity contribution in [2.24, 2.45) is 0 Å². The third-order valence-corrected chi connectivity index (χ3v) is 3.69. The van der Waals surface area contributed by atoms with Crippen LogP contribution in [0.25, 0.3) is 0 Å². The molecule has 0 spiro atoms. The highest BCUT2D eigenvalue weighted by atomic mass is 79.9. The molecule has 0 atom stereocenters. The molecule has 0 amide bonds. The van der Waals surface area contributed by atoms with Gasteiger partial charge in [0.15, 0.2) is 0 Å². The van der Waals surface area contributed by atoms with Gasteiger partial charge in [0.2, 0.25) is 0 Å². The maximum absolute atomic E-state index is 9.05. The molecule has 1 nitrogen and oxygen atoms in total. The fraction of sp³-hybridized carbons (Fsp3) is 0.500. The molecule has 1 heterocycles. The van der Waals surface area contributed by atoms with Gasteiger partial charge in [0.1, 0.15) is 0 Å². The molecule has 1 N–H and O–H groups in total. The van der Waals surface area contributed by atoms with Crippen LogP contribution in [0.2, 0.25) is 0 Å². The van der Waals surface area contributed by atoms with Crippen LogP contribution in [0, 0.1) is 0 Å². The van der Waals surface area contributed by atoms with E-state index in [9.17, 15) is 0 Å². The summed E-state index contributed by atoms with van der Waals surface area (Å²) in [4.78, 5) is 1.21. The second-order valence-corrected chi connectivity index (χ2v) is 5.00. The topological polar surface area (TPSA) is 20.2 Å². The van der Waals surface area contributed by atoms with Crippen LogP contribution in [0.4, 0.5) is 0 Å². The van der Waals surface area contributed by atoms with E-state index in [1.165, 1.54) is 4.88 Å². The Hall–Kier alpha value is 0.140. The van der Waals surface area contributed by atoms with Gasteiger partial charge in [-0.15, -0.1) is 11.3 Å². The van der Waals surface area contributed by atoms with E-state index in [2.05, 4.69) is 22.0 Å². The summed E-state index contributed by atoms with van der Waals surface area (Å²) in [6, 6.07) is 2.06. The highest BCUT2D eigenvalue weighted by Crippen LogP contribution is 2.30. The van der Waals surface area contributed by atoms with Gasteiger partial charge >= 0.3 is 0 Å². The average Bonchev–Trinajstić information content (AvgIpc) is 2.36. The predicted octanol–water partition coefficient (Wildman–Crippen LogP) is 2.78. The number of aliphatic hydroxyl groups is 1. The van der Waals surface area contributed by atoms with Gasteiger partial charge in [-0.05, 0) is 22.0 Å². The van der Waals surface area contributed by atoms with Crippen molar-refractivity contribution in [3.63, 3.8) is 0 Å². The molecule has 1 rings (SSSR count). The zero-order valence-electron chi connectivity index (χ0n) is 6.60. The molecule has 0 aliphatic carbocycles. The lowest BCUT2D eigenvalue weighted by Crippen LogP contribution is -2.20. The summed E-state index contributed by atoms with van der Waals surface area (Å²) in [6.45, 7) is 4.26. The van der Waals surface area contributed by atoms with Crippen LogP contribution in [0.3, 0.4) is 0 Å².